The quantitative estimate of drug-likeness (QED) is 0.821. The van der Waals surface area contributed by atoms with E-state index in [1.807, 2.05) is 18.2 Å². The van der Waals surface area contributed by atoms with Crippen molar-refractivity contribution in [2.45, 2.75) is 6.54 Å². The highest BCUT2D eigenvalue weighted by Crippen LogP contribution is 2.24. The van der Waals surface area contributed by atoms with Crippen LogP contribution in [0.5, 0.6) is 5.75 Å². The third kappa shape index (κ3) is 3.47. The van der Waals surface area contributed by atoms with E-state index in [0.29, 0.717) is 11.6 Å². The molecule has 0 amide bonds. The second kappa shape index (κ2) is 5.55. The number of benzene rings is 1. The summed E-state index contributed by atoms with van der Waals surface area (Å²) in [6.45, 7) is 0.570. The molecule has 2 N–H and O–H groups in total. The maximum Gasteiger partial charge on any atom is 0.133 e. The molecule has 0 saturated heterocycles. The molecule has 88 valence electrons. The van der Waals surface area contributed by atoms with Crippen molar-refractivity contribution < 1.29 is 5.11 Å². The number of anilines is 1. The van der Waals surface area contributed by atoms with E-state index in [2.05, 4.69) is 32.9 Å². The minimum Gasteiger partial charge on any atom is -0.506 e. The monoisotopic (exact) mass is 360 g/mol. The summed E-state index contributed by atoms with van der Waals surface area (Å²) in [6.07, 6.45) is 1.42. The molecule has 0 radical (unpaired) electrons. The minimum atomic E-state index is 0.168. The van der Waals surface area contributed by atoms with Crippen LogP contribution in [0, 0.1) is 3.57 Å². The lowest BCUT2D eigenvalue weighted by molar-refractivity contribution is 0.472. The first-order valence-electron chi connectivity index (χ1n) is 4.98. The maximum absolute atomic E-state index is 9.12. The van der Waals surface area contributed by atoms with E-state index in [9.17, 15) is 0 Å². The van der Waals surface area contributed by atoms with Crippen LogP contribution < -0.4 is 5.32 Å². The molecule has 2 aromatic rings. The average molecular weight is 361 g/mol. The molecule has 0 bridgehead atoms. The Balaban J connectivity index is 2.07. The summed E-state index contributed by atoms with van der Waals surface area (Å²) in [4.78, 5) is 4.09. The van der Waals surface area contributed by atoms with Gasteiger partial charge in [0.05, 0.1) is 29.1 Å². The van der Waals surface area contributed by atoms with Gasteiger partial charge in [-0.05, 0) is 52.9 Å². The fourth-order valence-electron chi connectivity index (χ4n) is 1.34. The molecule has 0 saturated carbocycles. The van der Waals surface area contributed by atoms with Crippen LogP contribution in [0.4, 0.5) is 5.69 Å². The number of nitrogens with one attached hydrogen (secondary N) is 1. The van der Waals surface area contributed by atoms with E-state index >= 15 is 0 Å². The number of nitrogens with zero attached hydrogens (tertiary/aromatic N) is 1. The molecule has 3 nitrogen and oxygen atoms in total. The summed E-state index contributed by atoms with van der Waals surface area (Å²) >= 11 is 8.29. The number of hydrogen-bond acceptors (Lipinski definition) is 3. The zero-order chi connectivity index (χ0) is 12.3. The number of rotatable bonds is 3. The van der Waals surface area contributed by atoms with Crippen molar-refractivity contribution in [1.29, 1.82) is 0 Å². The summed E-state index contributed by atoms with van der Waals surface area (Å²) in [7, 11) is 0. The number of aromatic hydroxyl groups is 1. The Morgan fingerprint density at radius 3 is 2.82 bits per heavy atom. The summed E-state index contributed by atoms with van der Waals surface area (Å²) in [6, 6.07) is 9.16. The fourth-order valence-corrected chi connectivity index (χ4v) is 2.02. The normalized spacial score (nSPS) is 10.2. The van der Waals surface area contributed by atoms with Crippen LogP contribution in [0.1, 0.15) is 5.69 Å². The molecule has 0 aliphatic carbocycles. The van der Waals surface area contributed by atoms with Crippen molar-refractivity contribution in [2.24, 2.45) is 0 Å². The van der Waals surface area contributed by atoms with Gasteiger partial charge in [-0.3, -0.25) is 4.98 Å². The minimum absolute atomic E-state index is 0.168. The van der Waals surface area contributed by atoms with Crippen molar-refractivity contribution >= 4 is 39.9 Å². The molecule has 0 unspecified atom stereocenters. The van der Waals surface area contributed by atoms with E-state index in [1.165, 1.54) is 6.20 Å². The molecule has 1 aromatic carbocycles. The zero-order valence-corrected chi connectivity index (χ0v) is 11.7. The number of halogens is 2. The Labute approximate surface area is 118 Å². The van der Waals surface area contributed by atoms with Gasteiger partial charge in [0.25, 0.3) is 0 Å². The molecular formula is C12H10ClIN2O. The lowest BCUT2D eigenvalue weighted by Crippen LogP contribution is -2.01. The van der Waals surface area contributed by atoms with Crippen LogP contribution in [-0.4, -0.2) is 10.1 Å². The number of pyridine rings is 1. The second-order valence-corrected chi connectivity index (χ2v) is 5.14. The van der Waals surface area contributed by atoms with Crippen molar-refractivity contribution in [3.05, 3.63) is 50.8 Å². The van der Waals surface area contributed by atoms with Crippen molar-refractivity contribution in [2.75, 3.05) is 5.32 Å². The highest BCUT2D eigenvalue weighted by atomic mass is 127. The van der Waals surface area contributed by atoms with E-state index in [-0.39, 0.29) is 5.75 Å². The smallest absolute Gasteiger partial charge is 0.133 e. The first-order chi connectivity index (χ1) is 8.15. The summed E-state index contributed by atoms with van der Waals surface area (Å²) in [5, 5.41) is 13.0. The Kier molecular flexibility index (Phi) is 4.06. The van der Waals surface area contributed by atoms with Crippen molar-refractivity contribution in [3.63, 3.8) is 0 Å². The van der Waals surface area contributed by atoms with Crippen molar-refractivity contribution in [1.82, 2.24) is 4.98 Å². The number of aromatic nitrogens is 1. The SMILES string of the molecule is Oc1ccc(CNc2cc(I)ccc2Cl)nc1. The van der Waals surface area contributed by atoms with Crippen LogP contribution in [0.25, 0.3) is 0 Å². The van der Waals surface area contributed by atoms with Gasteiger partial charge in [0.2, 0.25) is 0 Å². The van der Waals surface area contributed by atoms with Crippen LogP contribution in [0.15, 0.2) is 36.5 Å². The van der Waals surface area contributed by atoms with Gasteiger partial charge in [0, 0.05) is 3.57 Å². The van der Waals surface area contributed by atoms with Gasteiger partial charge < -0.3 is 10.4 Å². The zero-order valence-electron chi connectivity index (χ0n) is 8.82. The molecule has 17 heavy (non-hydrogen) atoms. The van der Waals surface area contributed by atoms with Gasteiger partial charge in [-0.2, -0.15) is 0 Å². The van der Waals surface area contributed by atoms with E-state index in [4.69, 9.17) is 16.7 Å². The fraction of sp³-hybridized carbons (Fsp3) is 0.0833. The van der Waals surface area contributed by atoms with E-state index in [1.54, 1.807) is 12.1 Å². The average Bonchev–Trinajstić information content (AvgIpc) is 2.32. The molecule has 1 aromatic heterocycles. The van der Waals surface area contributed by atoms with Gasteiger partial charge >= 0.3 is 0 Å². The summed E-state index contributed by atoms with van der Waals surface area (Å²) in [5.41, 5.74) is 1.73. The lowest BCUT2D eigenvalue weighted by Gasteiger charge is -2.08. The van der Waals surface area contributed by atoms with Gasteiger partial charge in [-0.15, -0.1) is 0 Å². The van der Waals surface area contributed by atoms with Crippen LogP contribution in [0.2, 0.25) is 5.02 Å². The van der Waals surface area contributed by atoms with Crippen molar-refractivity contribution in [3.8, 4) is 5.75 Å². The standard InChI is InChI=1S/C12H10ClIN2O/c13-11-4-1-8(14)5-12(11)16-6-9-2-3-10(17)7-15-9/h1-5,7,16-17H,6H2. The van der Waals surface area contributed by atoms with Crippen LogP contribution >= 0.6 is 34.2 Å². The topological polar surface area (TPSA) is 45.1 Å². The highest BCUT2D eigenvalue weighted by Gasteiger charge is 2.01. The predicted molar refractivity (Wildman–Crippen MR) is 77.4 cm³/mol. The second-order valence-electron chi connectivity index (χ2n) is 3.49. The molecule has 0 aliphatic rings. The third-order valence-electron chi connectivity index (χ3n) is 2.20. The Morgan fingerprint density at radius 1 is 1.29 bits per heavy atom. The van der Waals surface area contributed by atoms with Gasteiger partial charge in [-0.1, -0.05) is 11.6 Å². The predicted octanol–water partition coefficient (Wildman–Crippen LogP) is 3.66. The molecule has 0 fully saturated rings. The summed E-state index contributed by atoms with van der Waals surface area (Å²) in [5.74, 6) is 0.168. The Morgan fingerprint density at radius 2 is 2.12 bits per heavy atom. The largest absolute Gasteiger partial charge is 0.506 e. The van der Waals surface area contributed by atoms with Crippen LogP contribution in [0.3, 0.4) is 0 Å². The first kappa shape index (κ1) is 12.4. The van der Waals surface area contributed by atoms with E-state index < -0.39 is 0 Å². The molecule has 5 heteroatoms. The Hall–Kier alpha value is -1.01. The third-order valence-corrected chi connectivity index (χ3v) is 3.20. The highest BCUT2D eigenvalue weighted by molar-refractivity contribution is 14.1. The number of hydrogen-bond donors (Lipinski definition) is 2. The van der Waals surface area contributed by atoms with Gasteiger partial charge in [-0.25, -0.2) is 0 Å². The molecule has 0 spiro atoms. The van der Waals surface area contributed by atoms with Gasteiger partial charge in [0.1, 0.15) is 5.75 Å². The first-order valence-corrected chi connectivity index (χ1v) is 6.43. The van der Waals surface area contributed by atoms with Gasteiger partial charge in [0.15, 0.2) is 0 Å². The molecule has 0 aliphatic heterocycles. The molecule has 0 atom stereocenters. The lowest BCUT2D eigenvalue weighted by atomic mass is 10.3. The summed E-state index contributed by atoms with van der Waals surface area (Å²) < 4.78 is 1.12. The molecule has 1 heterocycles. The Bertz CT molecular complexity index is 516. The molecule has 2 rings (SSSR count). The molecular weight excluding hydrogens is 351 g/mol. The maximum atomic E-state index is 9.12. The van der Waals surface area contributed by atoms with Crippen LogP contribution in [-0.2, 0) is 6.54 Å². The van der Waals surface area contributed by atoms with E-state index in [0.717, 1.165) is 15.0 Å².